The maximum atomic E-state index is 14.0. The fourth-order valence-corrected chi connectivity index (χ4v) is 5.76. The molecule has 15 heteroatoms. The van der Waals surface area contributed by atoms with Gasteiger partial charge in [0, 0.05) is 17.2 Å². The van der Waals surface area contributed by atoms with E-state index in [2.05, 4.69) is 25.1 Å². The highest BCUT2D eigenvalue weighted by atomic mass is 35.5. The van der Waals surface area contributed by atoms with Crippen LogP contribution in [0.15, 0.2) is 36.9 Å². The van der Waals surface area contributed by atoms with Crippen LogP contribution in [-0.4, -0.2) is 69.2 Å². The van der Waals surface area contributed by atoms with Gasteiger partial charge in [-0.05, 0) is 52.0 Å². The molecule has 13 nitrogen and oxygen atoms in total. The van der Waals surface area contributed by atoms with E-state index in [0.29, 0.717) is 29.3 Å². The fraction of sp³-hybridized carbons (Fsp3) is 0.458. The van der Waals surface area contributed by atoms with Crippen molar-refractivity contribution in [3.8, 4) is 0 Å². The number of hydrogen-bond acceptors (Lipinski definition) is 10. The molecular formula is C24H33ClN7O6P. The number of imidazole rings is 1. The monoisotopic (exact) mass is 581 g/mol. The average molecular weight is 582 g/mol. The van der Waals surface area contributed by atoms with E-state index in [1.807, 2.05) is 6.92 Å². The van der Waals surface area contributed by atoms with Gasteiger partial charge in [0.25, 0.3) is 13.4 Å². The molecule has 212 valence electrons. The molecule has 0 bridgehead atoms. The number of amides is 1. The van der Waals surface area contributed by atoms with Crippen molar-refractivity contribution in [2.45, 2.75) is 45.9 Å². The summed E-state index contributed by atoms with van der Waals surface area (Å²) >= 11 is 5.92. The van der Waals surface area contributed by atoms with Crippen molar-refractivity contribution in [3.05, 3.63) is 47.5 Å². The molecule has 2 heterocycles. The number of anilines is 1. The lowest BCUT2D eigenvalue weighted by Gasteiger charge is -2.31. The van der Waals surface area contributed by atoms with Crippen molar-refractivity contribution >= 4 is 47.9 Å². The minimum atomic E-state index is -3.88. The summed E-state index contributed by atoms with van der Waals surface area (Å²) in [5.74, 6) is -1.05. The Balaban J connectivity index is 1.74. The summed E-state index contributed by atoms with van der Waals surface area (Å²) in [6, 6.07) is 6.07. The lowest BCUT2D eigenvalue weighted by molar-refractivity contribution is -0.151. The molecule has 0 aliphatic carbocycles. The standard InChI is InChI=1S/C24H33ClN7O6P/c1-5-36-10-11-37-23(34)24(3,4)31-39(35,30-22(33)17-6-8-18(25)9-7-17)15-38-16(2)12-32-14-29-19-20(26)27-13-28-21(19)32/h6-9,13-14,16H,5,10-12,15H2,1-4H3,(H2,26,27,28)(H2,30,31,33,35)/t16-,39-/m1/s1. The minimum Gasteiger partial charge on any atom is -0.462 e. The molecule has 0 aliphatic rings. The molecule has 0 spiro atoms. The number of esters is 1. The molecule has 1 amide bonds. The van der Waals surface area contributed by atoms with Gasteiger partial charge in [0.2, 0.25) is 0 Å². The van der Waals surface area contributed by atoms with Crippen LogP contribution in [0.3, 0.4) is 0 Å². The van der Waals surface area contributed by atoms with Crippen LogP contribution in [0.2, 0.25) is 5.02 Å². The van der Waals surface area contributed by atoms with Crippen molar-refractivity contribution in [3.63, 3.8) is 0 Å². The van der Waals surface area contributed by atoms with E-state index in [1.54, 1.807) is 30.0 Å². The Morgan fingerprint density at radius 3 is 2.59 bits per heavy atom. The fourth-order valence-electron chi connectivity index (χ4n) is 3.53. The number of nitrogens with one attached hydrogen (secondary N) is 2. The van der Waals surface area contributed by atoms with E-state index in [-0.39, 0.29) is 24.6 Å². The third-order valence-electron chi connectivity index (χ3n) is 5.45. The zero-order chi connectivity index (χ0) is 28.6. The highest BCUT2D eigenvalue weighted by molar-refractivity contribution is 7.60. The smallest absolute Gasteiger partial charge is 0.326 e. The summed E-state index contributed by atoms with van der Waals surface area (Å²) in [5.41, 5.74) is 5.62. The number of fused-ring (bicyclic) bond motifs is 1. The second-order valence-electron chi connectivity index (χ2n) is 9.19. The Labute approximate surface area is 231 Å². The summed E-state index contributed by atoms with van der Waals surface area (Å²) < 4.78 is 32.1. The van der Waals surface area contributed by atoms with Crippen molar-refractivity contribution in [1.82, 2.24) is 29.7 Å². The number of ether oxygens (including phenoxy) is 3. The topological polar surface area (TPSA) is 173 Å². The number of rotatable bonds is 14. The number of nitrogen functional groups attached to an aromatic ring is 1. The molecule has 4 N–H and O–H groups in total. The normalized spacial score (nSPS) is 14.1. The lowest BCUT2D eigenvalue weighted by atomic mass is 10.1. The first-order valence-electron chi connectivity index (χ1n) is 12.2. The van der Waals surface area contributed by atoms with E-state index in [4.69, 9.17) is 31.5 Å². The average Bonchev–Trinajstić information content (AvgIpc) is 3.29. The lowest BCUT2D eigenvalue weighted by Crippen LogP contribution is -2.49. The van der Waals surface area contributed by atoms with Crippen LogP contribution >= 0.6 is 19.0 Å². The second-order valence-corrected chi connectivity index (χ2v) is 11.8. The molecule has 39 heavy (non-hydrogen) atoms. The van der Waals surface area contributed by atoms with Crippen molar-refractivity contribution in [2.24, 2.45) is 0 Å². The van der Waals surface area contributed by atoms with Crippen molar-refractivity contribution in [1.29, 1.82) is 0 Å². The van der Waals surface area contributed by atoms with Crippen LogP contribution in [0.5, 0.6) is 0 Å². The molecule has 0 radical (unpaired) electrons. The molecule has 0 fully saturated rings. The van der Waals surface area contributed by atoms with Gasteiger partial charge in [0.15, 0.2) is 11.5 Å². The number of hydrogen-bond donors (Lipinski definition) is 3. The van der Waals surface area contributed by atoms with Gasteiger partial charge >= 0.3 is 5.97 Å². The van der Waals surface area contributed by atoms with Gasteiger partial charge in [-0.3, -0.25) is 19.2 Å². The largest absolute Gasteiger partial charge is 0.462 e. The number of halogens is 1. The number of benzene rings is 1. The summed E-state index contributed by atoms with van der Waals surface area (Å²) in [4.78, 5) is 38.1. The Bertz CT molecular complexity index is 1330. The molecule has 1 aromatic carbocycles. The number of nitrogens with two attached hydrogens (primary N) is 1. The number of aromatic nitrogens is 4. The second kappa shape index (κ2) is 13.3. The molecular weight excluding hydrogens is 549 g/mol. The molecule has 2 aromatic heterocycles. The number of carbonyl (C=O) groups excluding carboxylic acids is 2. The molecule has 0 unspecified atom stereocenters. The summed E-state index contributed by atoms with van der Waals surface area (Å²) in [7, 11) is -3.88. The first-order valence-corrected chi connectivity index (χ1v) is 14.5. The van der Waals surface area contributed by atoms with Crippen LogP contribution in [0.1, 0.15) is 38.1 Å². The van der Waals surface area contributed by atoms with Crippen LogP contribution in [-0.2, 0) is 30.1 Å². The third kappa shape index (κ3) is 8.45. The van der Waals surface area contributed by atoms with Crippen LogP contribution in [0.4, 0.5) is 5.82 Å². The van der Waals surface area contributed by atoms with Gasteiger partial charge in [-0.2, -0.15) is 0 Å². The van der Waals surface area contributed by atoms with Gasteiger partial charge < -0.3 is 24.5 Å². The first-order chi connectivity index (χ1) is 18.4. The molecule has 0 saturated heterocycles. The SMILES string of the molecule is CCOCCOC(=O)C(C)(C)N[P@@](=O)(CO[C@H](C)Cn1cnc2c(N)ncnc21)NC(=O)c1ccc(Cl)cc1. The molecule has 0 saturated carbocycles. The number of nitrogens with zero attached hydrogens (tertiary/aromatic N) is 4. The predicted molar refractivity (Wildman–Crippen MR) is 146 cm³/mol. The third-order valence-corrected chi connectivity index (χ3v) is 7.70. The predicted octanol–water partition coefficient (Wildman–Crippen LogP) is 3.00. The Kier molecular flexibility index (Phi) is 10.4. The summed E-state index contributed by atoms with van der Waals surface area (Å²) in [6.07, 6.45) is 1.97. The molecule has 2 atom stereocenters. The molecule has 3 rings (SSSR count). The zero-order valence-corrected chi connectivity index (χ0v) is 23.9. The van der Waals surface area contributed by atoms with Crippen LogP contribution in [0, 0.1) is 0 Å². The molecule has 0 aliphatic heterocycles. The first kappa shape index (κ1) is 30.5. The van der Waals surface area contributed by atoms with E-state index in [0.717, 1.165) is 0 Å². The van der Waals surface area contributed by atoms with Gasteiger partial charge in [-0.1, -0.05) is 11.6 Å². The van der Waals surface area contributed by atoms with Gasteiger partial charge in [0.05, 0.1) is 25.6 Å². The van der Waals surface area contributed by atoms with Crippen LogP contribution < -0.4 is 15.9 Å². The summed E-state index contributed by atoms with van der Waals surface area (Å²) in [5, 5.41) is 5.74. The summed E-state index contributed by atoms with van der Waals surface area (Å²) in [6.45, 7) is 7.62. The molecule has 3 aromatic rings. The maximum Gasteiger partial charge on any atom is 0.326 e. The highest BCUT2D eigenvalue weighted by Gasteiger charge is 2.39. The van der Waals surface area contributed by atoms with E-state index < -0.39 is 37.3 Å². The van der Waals surface area contributed by atoms with Crippen LogP contribution in [0.25, 0.3) is 11.2 Å². The quantitative estimate of drug-likeness (QED) is 0.145. The Hall–Kier alpha value is -3.09. The minimum absolute atomic E-state index is 0.0275. The van der Waals surface area contributed by atoms with E-state index >= 15 is 0 Å². The zero-order valence-electron chi connectivity index (χ0n) is 22.2. The van der Waals surface area contributed by atoms with E-state index in [1.165, 1.54) is 32.3 Å². The van der Waals surface area contributed by atoms with Gasteiger partial charge in [0.1, 0.15) is 30.3 Å². The maximum absolute atomic E-state index is 14.0. The Morgan fingerprint density at radius 2 is 1.90 bits per heavy atom. The Morgan fingerprint density at radius 1 is 1.18 bits per heavy atom. The van der Waals surface area contributed by atoms with Crippen molar-refractivity contribution < 1.29 is 28.4 Å². The van der Waals surface area contributed by atoms with Gasteiger partial charge in [-0.15, -0.1) is 0 Å². The van der Waals surface area contributed by atoms with E-state index in [9.17, 15) is 14.2 Å². The van der Waals surface area contributed by atoms with Gasteiger partial charge in [-0.25, -0.2) is 20.0 Å². The highest BCUT2D eigenvalue weighted by Crippen LogP contribution is 2.40. The number of carbonyl (C=O) groups is 2. The van der Waals surface area contributed by atoms with Crippen molar-refractivity contribution in [2.75, 3.05) is 31.9 Å².